The van der Waals surface area contributed by atoms with Crippen molar-refractivity contribution in [2.75, 3.05) is 27.2 Å². The molecule has 8 rings (SSSR count). The molecule has 2 aromatic carbocycles. The Morgan fingerprint density at radius 3 is 1.64 bits per heavy atom. The van der Waals surface area contributed by atoms with Gasteiger partial charge in [-0.05, 0) is 30.3 Å². The van der Waals surface area contributed by atoms with Gasteiger partial charge in [-0.25, -0.2) is 9.97 Å². The van der Waals surface area contributed by atoms with Crippen LogP contribution in [0.3, 0.4) is 0 Å². The summed E-state index contributed by atoms with van der Waals surface area (Å²) < 4.78 is 3.39. The molecule has 4 N–H and O–H groups in total. The van der Waals surface area contributed by atoms with Gasteiger partial charge in [0.05, 0.1) is 34.8 Å². The van der Waals surface area contributed by atoms with Crippen LogP contribution in [0, 0.1) is 23.7 Å². The fraction of sp³-hybridized carbons (Fsp3) is 0.244. The Morgan fingerprint density at radius 2 is 1.20 bits per heavy atom. The van der Waals surface area contributed by atoms with Gasteiger partial charge in [0.1, 0.15) is 10.8 Å². The molecule has 4 aromatic heterocycles. The standard InChI is InChI=1S/C21H19N5O3.C20H17ClN4O2/c1-25-9-8-21(29,20(25)28)7-6-13-4-3-5-14(10-13)18-15-12-23-26(2)17(15)11-16(24-18)19(22)27;1-24-9-8-20(27,19(24)26)7-6-13-4-3-5-14(10-13)18-15-12-22-25(2)16(15)11-17(21)23-18/h3-5,10-12,29H,8-9H2,1-2H3,(H2,22,27);3-5,10-12,27H,8-9H2,1-2H3/t21-;20-/m00/s1. The van der Waals surface area contributed by atoms with Crippen LogP contribution >= 0.6 is 11.6 Å². The van der Waals surface area contributed by atoms with Crippen molar-refractivity contribution in [1.82, 2.24) is 39.3 Å². The Bertz CT molecular complexity index is 2720. The lowest BCUT2D eigenvalue weighted by molar-refractivity contribution is -0.138. The van der Waals surface area contributed by atoms with Crippen molar-refractivity contribution in [2.24, 2.45) is 19.8 Å². The Balaban J connectivity index is 0.000000172. The summed E-state index contributed by atoms with van der Waals surface area (Å²) in [6, 6.07) is 18.1. The highest BCUT2D eigenvalue weighted by Gasteiger charge is 2.43. The van der Waals surface area contributed by atoms with Gasteiger partial charge in [0.25, 0.3) is 17.7 Å². The number of nitrogens with two attached hydrogens (primary N) is 1. The molecule has 2 atom stereocenters. The monoisotopic (exact) mass is 769 g/mol. The molecule has 0 unspecified atom stereocenters. The number of likely N-dealkylation sites (tertiary alicyclic amines) is 2. The molecule has 0 spiro atoms. The molecule has 56 heavy (non-hydrogen) atoms. The van der Waals surface area contributed by atoms with Crippen LogP contribution in [0.5, 0.6) is 0 Å². The zero-order chi connectivity index (χ0) is 39.9. The van der Waals surface area contributed by atoms with Gasteiger partial charge in [0, 0.05) is 93.2 Å². The number of fused-ring (bicyclic) bond motifs is 2. The van der Waals surface area contributed by atoms with Gasteiger partial charge >= 0.3 is 0 Å². The van der Waals surface area contributed by atoms with Crippen molar-refractivity contribution >= 4 is 51.1 Å². The van der Waals surface area contributed by atoms with E-state index in [-0.39, 0.29) is 18.0 Å². The lowest BCUT2D eigenvalue weighted by Crippen LogP contribution is -2.37. The van der Waals surface area contributed by atoms with Gasteiger partial charge in [-0.15, -0.1) is 0 Å². The molecule has 14 nitrogen and oxygen atoms in total. The first-order valence-corrected chi connectivity index (χ1v) is 17.9. The summed E-state index contributed by atoms with van der Waals surface area (Å²) >= 11 is 6.18. The van der Waals surface area contributed by atoms with Crippen LogP contribution in [-0.2, 0) is 23.7 Å². The first kappa shape index (κ1) is 37.7. The summed E-state index contributed by atoms with van der Waals surface area (Å²) in [5, 5.41) is 31.5. The van der Waals surface area contributed by atoms with Crippen molar-refractivity contribution in [3.63, 3.8) is 0 Å². The number of nitrogens with zero attached hydrogens (tertiary/aromatic N) is 8. The zero-order valence-corrected chi connectivity index (χ0v) is 31.7. The van der Waals surface area contributed by atoms with E-state index in [9.17, 15) is 24.6 Å². The Morgan fingerprint density at radius 1 is 0.732 bits per heavy atom. The van der Waals surface area contributed by atoms with Crippen molar-refractivity contribution in [1.29, 1.82) is 0 Å². The van der Waals surface area contributed by atoms with Crippen LogP contribution in [0.15, 0.2) is 73.1 Å². The summed E-state index contributed by atoms with van der Waals surface area (Å²) in [5.74, 6) is 9.88. The third kappa shape index (κ3) is 7.17. The molecule has 15 heteroatoms. The second kappa shape index (κ2) is 14.6. The van der Waals surface area contributed by atoms with Crippen molar-refractivity contribution in [2.45, 2.75) is 24.0 Å². The molecule has 2 aliphatic rings. The minimum atomic E-state index is -1.66. The first-order chi connectivity index (χ1) is 26.7. The SMILES string of the molecule is CN1CC[C@@](O)(C#Cc2cccc(-c3nc(C(N)=O)cc4c3cnn4C)c2)C1=O.CN1CC[C@@](O)(C#Cc2cccc(-c3nc(Cl)cc4c3cnn4C)c2)C1=O. The summed E-state index contributed by atoms with van der Waals surface area (Å²) in [7, 11) is 6.92. The number of pyridine rings is 2. The largest absolute Gasteiger partial charge is 0.369 e. The molecule has 0 saturated carbocycles. The molecule has 282 valence electrons. The topological polar surface area (TPSA) is 186 Å². The third-order valence-electron chi connectivity index (χ3n) is 9.83. The summed E-state index contributed by atoms with van der Waals surface area (Å²) in [6.45, 7) is 0.961. The van der Waals surface area contributed by atoms with Crippen LogP contribution in [0.1, 0.15) is 34.5 Å². The van der Waals surface area contributed by atoms with E-state index >= 15 is 0 Å². The summed E-state index contributed by atoms with van der Waals surface area (Å²) in [6.07, 6.45) is 4.01. The molecule has 0 radical (unpaired) electrons. The van der Waals surface area contributed by atoms with Gasteiger partial charge in [-0.1, -0.05) is 59.5 Å². The fourth-order valence-electron chi connectivity index (χ4n) is 6.60. The van der Waals surface area contributed by atoms with Crippen LogP contribution < -0.4 is 5.73 Å². The third-order valence-corrected chi connectivity index (χ3v) is 10.0. The first-order valence-electron chi connectivity index (χ1n) is 17.5. The highest BCUT2D eigenvalue weighted by molar-refractivity contribution is 6.30. The zero-order valence-electron chi connectivity index (χ0n) is 30.9. The minimum Gasteiger partial charge on any atom is -0.369 e. The number of hydrogen-bond acceptors (Lipinski definition) is 9. The highest BCUT2D eigenvalue weighted by atomic mass is 35.5. The molecule has 2 fully saturated rings. The van der Waals surface area contributed by atoms with E-state index in [2.05, 4.69) is 43.8 Å². The normalized spacial score (nSPS) is 19.1. The fourth-order valence-corrected chi connectivity index (χ4v) is 6.79. The number of benzene rings is 2. The number of aryl methyl sites for hydroxylation is 2. The highest BCUT2D eigenvalue weighted by Crippen LogP contribution is 2.31. The second-order valence-electron chi connectivity index (χ2n) is 13.8. The maximum atomic E-state index is 12.1. The van der Waals surface area contributed by atoms with Crippen molar-refractivity contribution < 1.29 is 24.6 Å². The molecule has 6 aromatic rings. The van der Waals surface area contributed by atoms with E-state index in [4.69, 9.17) is 17.3 Å². The lowest BCUT2D eigenvalue weighted by atomic mass is 10.0. The number of aromatic nitrogens is 6. The molecular formula is C41H36ClN9O5. The summed E-state index contributed by atoms with van der Waals surface area (Å²) in [4.78, 5) is 47.7. The van der Waals surface area contributed by atoms with E-state index in [1.165, 1.54) is 9.80 Å². The van der Waals surface area contributed by atoms with Gasteiger partial charge in [-0.2, -0.15) is 10.2 Å². The maximum Gasteiger partial charge on any atom is 0.267 e. The van der Waals surface area contributed by atoms with E-state index in [0.29, 0.717) is 47.2 Å². The molecule has 0 aliphatic carbocycles. The Labute approximate surface area is 326 Å². The van der Waals surface area contributed by atoms with Gasteiger partial charge in [0.2, 0.25) is 11.2 Å². The molecule has 0 bridgehead atoms. The van der Waals surface area contributed by atoms with E-state index < -0.39 is 23.0 Å². The van der Waals surface area contributed by atoms with Crippen LogP contribution in [0.2, 0.25) is 5.15 Å². The smallest absolute Gasteiger partial charge is 0.267 e. The predicted octanol–water partition coefficient (Wildman–Crippen LogP) is 2.91. The molecule has 6 heterocycles. The van der Waals surface area contributed by atoms with Crippen molar-refractivity contribution in [3.8, 4) is 46.2 Å². The number of aliphatic hydroxyl groups is 2. The number of rotatable bonds is 3. The van der Waals surface area contributed by atoms with Crippen LogP contribution in [0.25, 0.3) is 44.3 Å². The van der Waals surface area contributed by atoms with E-state index in [0.717, 1.165) is 32.9 Å². The number of carbonyl (C=O) groups excluding carboxylic acids is 3. The average Bonchev–Trinajstić information content (AvgIpc) is 3.91. The molecule has 3 amide bonds. The molecule has 2 saturated heterocycles. The van der Waals surface area contributed by atoms with Crippen molar-refractivity contribution in [3.05, 3.63) is 95.0 Å². The minimum absolute atomic E-state index is 0.140. The Kier molecular flexibility index (Phi) is 9.82. The lowest BCUT2D eigenvalue weighted by Gasteiger charge is -2.13. The van der Waals surface area contributed by atoms with Crippen LogP contribution in [0.4, 0.5) is 0 Å². The molecular weight excluding hydrogens is 734 g/mol. The number of halogens is 1. The number of likely N-dealkylation sites (N-methyl/N-ethyl adjacent to an activating group) is 2. The number of primary amides is 1. The predicted molar refractivity (Wildman–Crippen MR) is 210 cm³/mol. The summed E-state index contributed by atoms with van der Waals surface area (Å²) in [5.41, 5.74) is 8.04. The maximum absolute atomic E-state index is 12.1. The van der Waals surface area contributed by atoms with Crippen LogP contribution in [-0.4, -0.2) is 106 Å². The number of amides is 3. The average molecular weight is 770 g/mol. The van der Waals surface area contributed by atoms with E-state index in [1.54, 1.807) is 73.2 Å². The number of hydrogen-bond donors (Lipinski definition) is 3. The quantitative estimate of drug-likeness (QED) is 0.180. The number of carbonyl (C=O) groups is 3. The van der Waals surface area contributed by atoms with Gasteiger partial charge in [0.15, 0.2) is 0 Å². The molecule has 2 aliphatic heterocycles. The van der Waals surface area contributed by atoms with Gasteiger partial charge < -0.3 is 25.7 Å². The van der Waals surface area contributed by atoms with E-state index in [1.807, 2.05) is 37.4 Å². The second-order valence-corrected chi connectivity index (χ2v) is 14.1. The Hall–Kier alpha value is -6.58. The van der Waals surface area contributed by atoms with Gasteiger partial charge in [-0.3, -0.25) is 23.7 Å².